The third-order valence-corrected chi connectivity index (χ3v) is 4.68. The fourth-order valence-corrected chi connectivity index (χ4v) is 3.16. The summed E-state index contributed by atoms with van der Waals surface area (Å²) in [5, 5.41) is 3.34. The molecule has 2 aromatic rings. The summed E-state index contributed by atoms with van der Waals surface area (Å²) in [6.45, 7) is 3.46. The zero-order chi connectivity index (χ0) is 19.4. The van der Waals surface area contributed by atoms with Crippen LogP contribution in [0.1, 0.15) is 31.5 Å². The third kappa shape index (κ3) is 4.42. The molecule has 27 heavy (non-hydrogen) atoms. The van der Waals surface area contributed by atoms with E-state index in [4.69, 9.17) is 4.74 Å². The fourth-order valence-electron chi connectivity index (χ4n) is 3.16. The number of aromatic nitrogens is 1. The number of hydrogen-bond donors (Lipinski definition) is 1. The minimum absolute atomic E-state index is 0.0688. The number of carbonyl (C=O) groups is 1. The highest BCUT2D eigenvalue weighted by atomic mass is 19.1. The van der Waals surface area contributed by atoms with E-state index in [0.717, 1.165) is 6.20 Å². The summed E-state index contributed by atoms with van der Waals surface area (Å²) in [5.74, 6) is -0.589. The fraction of sp³-hybridized carbons (Fsp3) is 0.400. The SMILES string of the molecule is CCOc1ccc(F)c(-c2cc([C@H]3CCC(=O)N(C)CCN3)ncc2F)c1. The van der Waals surface area contributed by atoms with Crippen molar-refractivity contribution in [2.75, 3.05) is 26.7 Å². The number of ether oxygens (including phenoxy) is 1. The van der Waals surface area contributed by atoms with Gasteiger partial charge in [0.15, 0.2) is 0 Å². The van der Waals surface area contributed by atoms with Gasteiger partial charge < -0.3 is 15.0 Å². The number of carbonyl (C=O) groups excluding carboxylic acids is 1. The molecule has 7 heteroatoms. The topological polar surface area (TPSA) is 54.5 Å². The predicted molar refractivity (Wildman–Crippen MR) is 98.4 cm³/mol. The van der Waals surface area contributed by atoms with Gasteiger partial charge in [-0.05, 0) is 37.6 Å². The molecular formula is C20H23F2N3O2. The highest BCUT2D eigenvalue weighted by Crippen LogP contribution is 2.31. The molecule has 1 N–H and O–H groups in total. The number of likely N-dealkylation sites (N-methyl/N-ethyl adjacent to an activating group) is 1. The molecule has 0 unspecified atom stereocenters. The van der Waals surface area contributed by atoms with Gasteiger partial charge in [-0.1, -0.05) is 0 Å². The van der Waals surface area contributed by atoms with E-state index < -0.39 is 11.6 Å². The highest BCUT2D eigenvalue weighted by molar-refractivity contribution is 5.76. The van der Waals surface area contributed by atoms with Crippen LogP contribution in [0.3, 0.4) is 0 Å². The Kier molecular flexibility index (Phi) is 6.01. The van der Waals surface area contributed by atoms with E-state index in [2.05, 4.69) is 10.3 Å². The molecular weight excluding hydrogens is 352 g/mol. The van der Waals surface area contributed by atoms with E-state index in [-0.39, 0.29) is 23.1 Å². The minimum atomic E-state index is -0.604. The van der Waals surface area contributed by atoms with Gasteiger partial charge in [0, 0.05) is 37.7 Å². The molecule has 0 spiro atoms. The molecule has 1 atom stereocenters. The van der Waals surface area contributed by atoms with E-state index in [0.29, 0.717) is 44.0 Å². The van der Waals surface area contributed by atoms with Gasteiger partial charge in [-0.2, -0.15) is 0 Å². The van der Waals surface area contributed by atoms with Crippen LogP contribution in [-0.2, 0) is 4.79 Å². The molecule has 5 nitrogen and oxygen atoms in total. The Hall–Kier alpha value is -2.54. The molecule has 2 heterocycles. The normalized spacial score (nSPS) is 18.1. The van der Waals surface area contributed by atoms with E-state index in [1.54, 1.807) is 18.0 Å². The second kappa shape index (κ2) is 8.43. The lowest BCUT2D eigenvalue weighted by molar-refractivity contribution is -0.130. The van der Waals surface area contributed by atoms with Crippen LogP contribution >= 0.6 is 0 Å². The van der Waals surface area contributed by atoms with Crippen LogP contribution in [0.25, 0.3) is 11.1 Å². The summed E-state index contributed by atoms with van der Waals surface area (Å²) in [5.41, 5.74) is 0.847. The van der Waals surface area contributed by atoms with Gasteiger partial charge in [0.1, 0.15) is 17.4 Å². The second-order valence-electron chi connectivity index (χ2n) is 6.52. The minimum Gasteiger partial charge on any atom is -0.494 e. The standard InChI is InChI=1S/C20H23F2N3O2/c1-3-27-13-4-5-16(21)14(10-13)15-11-19(24-12-17(15)22)18-6-7-20(26)25(2)9-8-23-18/h4-5,10-12,18,23H,3,6-9H2,1-2H3/t18-/m1/s1. The Labute approximate surface area is 157 Å². The van der Waals surface area contributed by atoms with E-state index in [1.165, 1.54) is 18.2 Å². The van der Waals surface area contributed by atoms with Crippen molar-refractivity contribution >= 4 is 5.91 Å². The van der Waals surface area contributed by atoms with Crippen LogP contribution in [0.2, 0.25) is 0 Å². The maximum atomic E-state index is 14.4. The van der Waals surface area contributed by atoms with Crippen molar-refractivity contribution in [3.63, 3.8) is 0 Å². The zero-order valence-electron chi connectivity index (χ0n) is 15.5. The van der Waals surface area contributed by atoms with Crippen molar-refractivity contribution in [2.24, 2.45) is 0 Å². The summed E-state index contributed by atoms with van der Waals surface area (Å²) in [4.78, 5) is 17.8. The van der Waals surface area contributed by atoms with Gasteiger partial charge >= 0.3 is 0 Å². The number of halogens is 2. The number of rotatable bonds is 4. The first-order valence-electron chi connectivity index (χ1n) is 9.05. The number of hydrogen-bond acceptors (Lipinski definition) is 4. The first-order chi connectivity index (χ1) is 13.0. The van der Waals surface area contributed by atoms with Gasteiger partial charge in [0.05, 0.1) is 24.5 Å². The van der Waals surface area contributed by atoms with Gasteiger partial charge in [0.25, 0.3) is 0 Å². The number of nitrogens with zero attached hydrogens (tertiary/aromatic N) is 2. The molecule has 1 aliphatic heterocycles. The Balaban J connectivity index is 1.93. The Morgan fingerprint density at radius 1 is 1.26 bits per heavy atom. The van der Waals surface area contributed by atoms with Crippen LogP contribution in [0, 0.1) is 11.6 Å². The van der Waals surface area contributed by atoms with Crippen molar-refractivity contribution in [3.05, 3.63) is 47.8 Å². The molecule has 1 aromatic heterocycles. The molecule has 1 amide bonds. The van der Waals surface area contributed by atoms with Crippen molar-refractivity contribution in [1.29, 1.82) is 0 Å². The van der Waals surface area contributed by atoms with Gasteiger partial charge in [-0.25, -0.2) is 8.78 Å². The largest absolute Gasteiger partial charge is 0.494 e. The maximum Gasteiger partial charge on any atom is 0.222 e. The Morgan fingerprint density at radius 3 is 2.81 bits per heavy atom. The van der Waals surface area contributed by atoms with Crippen LogP contribution < -0.4 is 10.1 Å². The molecule has 3 rings (SSSR count). The van der Waals surface area contributed by atoms with Crippen LogP contribution in [0.5, 0.6) is 5.75 Å². The number of amides is 1. The summed E-state index contributed by atoms with van der Waals surface area (Å²) < 4.78 is 34.2. The van der Waals surface area contributed by atoms with Crippen LogP contribution in [-0.4, -0.2) is 42.5 Å². The lowest BCUT2D eigenvalue weighted by Crippen LogP contribution is -2.38. The first kappa shape index (κ1) is 19.2. The summed E-state index contributed by atoms with van der Waals surface area (Å²) in [7, 11) is 1.77. The lowest BCUT2D eigenvalue weighted by Gasteiger charge is -2.26. The Bertz CT molecular complexity index is 829. The van der Waals surface area contributed by atoms with Crippen LogP contribution in [0.4, 0.5) is 8.78 Å². The van der Waals surface area contributed by atoms with E-state index in [9.17, 15) is 13.6 Å². The van der Waals surface area contributed by atoms with Gasteiger partial charge in [-0.15, -0.1) is 0 Å². The molecule has 0 saturated carbocycles. The lowest BCUT2D eigenvalue weighted by atomic mass is 10.00. The summed E-state index contributed by atoms with van der Waals surface area (Å²) in [6, 6.07) is 5.63. The van der Waals surface area contributed by atoms with Gasteiger partial charge in [-0.3, -0.25) is 9.78 Å². The molecule has 0 bridgehead atoms. The van der Waals surface area contributed by atoms with E-state index >= 15 is 0 Å². The third-order valence-electron chi connectivity index (χ3n) is 4.68. The van der Waals surface area contributed by atoms with Crippen molar-refractivity contribution in [3.8, 4) is 16.9 Å². The zero-order valence-corrected chi connectivity index (χ0v) is 15.5. The van der Waals surface area contributed by atoms with E-state index in [1.807, 2.05) is 6.92 Å². The Morgan fingerprint density at radius 2 is 2.04 bits per heavy atom. The quantitative estimate of drug-likeness (QED) is 0.891. The molecule has 1 saturated heterocycles. The monoisotopic (exact) mass is 375 g/mol. The number of pyridine rings is 1. The number of benzene rings is 1. The smallest absolute Gasteiger partial charge is 0.222 e. The van der Waals surface area contributed by atoms with Crippen molar-refractivity contribution in [2.45, 2.75) is 25.8 Å². The summed E-state index contributed by atoms with van der Waals surface area (Å²) >= 11 is 0. The molecule has 1 fully saturated rings. The first-order valence-corrected chi connectivity index (χ1v) is 9.05. The second-order valence-corrected chi connectivity index (χ2v) is 6.52. The maximum absolute atomic E-state index is 14.4. The molecule has 1 aromatic carbocycles. The summed E-state index contributed by atoms with van der Waals surface area (Å²) in [6.07, 6.45) is 2.02. The van der Waals surface area contributed by atoms with Gasteiger partial charge in [0.2, 0.25) is 5.91 Å². The molecule has 0 aliphatic carbocycles. The molecule has 1 aliphatic rings. The average Bonchev–Trinajstić information content (AvgIpc) is 2.65. The molecule has 0 radical (unpaired) electrons. The average molecular weight is 375 g/mol. The predicted octanol–water partition coefficient (Wildman–Crippen LogP) is 3.31. The highest BCUT2D eigenvalue weighted by Gasteiger charge is 2.22. The van der Waals surface area contributed by atoms with Crippen LogP contribution in [0.15, 0.2) is 30.5 Å². The van der Waals surface area contributed by atoms with Crippen molar-refractivity contribution in [1.82, 2.24) is 15.2 Å². The van der Waals surface area contributed by atoms with Crippen molar-refractivity contribution < 1.29 is 18.3 Å². The number of nitrogens with one attached hydrogen (secondary N) is 1. The molecule has 144 valence electrons.